The lowest BCUT2D eigenvalue weighted by molar-refractivity contribution is 0.409. The van der Waals surface area contributed by atoms with Crippen molar-refractivity contribution in [3.05, 3.63) is 29.8 Å². The van der Waals surface area contributed by atoms with Crippen molar-refractivity contribution in [3.8, 4) is 11.4 Å². The average Bonchev–Trinajstić information content (AvgIpc) is 3.17. The third kappa shape index (κ3) is 3.47. The summed E-state index contributed by atoms with van der Waals surface area (Å²) in [7, 11) is -0.205. The molecule has 0 bridgehead atoms. The molecule has 0 aliphatic carbocycles. The molecule has 1 aliphatic rings. The Bertz CT molecular complexity index is 800. The van der Waals surface area contributed by atoms with Gasteiger partial charge in [0.1, 0.15) is 11.4 Å². The normalized spacial score (nSPS) is 19.2. The Balaban J connectivity index is 1.63. The number of hydrogen-bond donors (Lipinski definition) is 1. The highest BCUT2D eigenvalue weighted by atomic mass is 32.2. The number of hydrogen-bond acceptors (Lipinski definition) is 5. The van der Waals surface area contributed by atoms with Crippen LogP contribution >= 0.6 is 0 Å². The summed E-state index contributed by atoms with van der Waals surface area (Å²) in [4.78, 5) is 8.87. The summed E-state index contributed by atoms with van der Waals surface area (Å²) < 4.78 is 27.1. The van der Waals surface area contributed by atoms with Gasteiger partial charge in [0.15, 0.2) is 0 Å². The third-order valence-corrected chi connectivity index (χ3v) is 6.11. The minimum absolute atomic E-state index is 0.271. The van der Waals surface area contributed by atoms with Gasteiger partial charge >= 0.3 is 0 Å². The summed E-state index contributed by atoms with van der Waals surface area (Å²) in [6, 6.07) is 1.92. The lowest BCUT2D eigenvalue weighted by Crippen LogP contribution is -2.38. The molecule has 1 fully saturated rings. The van der Waals surface area contributed by atoms with Gasteiger partial charge in [0, 0.05) is 39.1 Å². The number of aromatic nitrogens is 4. The molecule has 1 atom stereocenters. The molecule has 2 aromatic heterocycles. The van der Waals surface area contributed by atoms with Crippen LogP contribution in [0, 0.1) is 12.8 Å². The maximum atomic E-state index is 12.1. The summed E-state index contributed by atoms with van der Waals surface area (Å²) in [6.07, 6.45) is 5.04. The zero-order valence-electron chi connectivity index (χ0n) is 14.1. The maximum absolute atomic E-state index is 12.1. The van der Waals surface area contributed by atoms with Gasteiger partial charge in [-0.25, -0.2) is 0 Å². The SMILES string of the molecule is Cc1cc(-c2cnc(CC3CCN(S(=O)(=O)N(C)C)C3)cn2)n[nH]1. The van der Waals surface area contributed by atoms with E-state index in [4.69, 9.17) is 0 Å². The van der Waals surface area contributed by atoms with Crippen molar-refractivity contribution in [1.82, 2.24) is 28.8 Å². The Kier molecular flexibility index (Phi) is 4.66. The van der Waals surface area contributed by atoms with Gasteiger partial charge < -0.3 is 0 Å². The van der Waals surface area contributed by atoms with Crippen molar-refractivity contribution < 1.29 is 8.42 Å². The van der Waals surface area contributed by atoms with Gasteiger partial charge in [0.2, 0.25) is 0 Å². The number of aromatic amines is 1. The van der Waals surface area contributed by atoms with Gasteiger partial charge in [0.05, 0.1) is 11.9 Å². The van der Waals surface area contributed by atoms with E-state index in [9.17, 15) is 8.42 Å². The van der Waals surface area contributed by atoms with E-state index in [0.29, 0.717) is 13.1 Å². The second-order valence-corrected chi connectivity index (χ2v) is 8.48. The fraction of sp³-hybridized carbons (Fsp3) is 0.533. The van der Waals surface area contributed by atoms with E-state index in [-0.39, 0.29) is 5.92 Å². The summed E-state index contributed by atoms with van der Waals surface area (Å²) >= 11 is 0. The molecule has 24 heavy (non-hydrogen) atoms. The first-order valence-corrected chi connectivity index (χ1v) is 9.27. The summed E-state index contributed by atoms with van der Waals surface area (Å²) in [6.45, 7) is 3.03. The number of H-pyrrole nitrogens is 1. The summed E-state index contributed by atoms with van der Waals surface area (Å²) in [5, 5.41) is 7.05. The van der Waals surface area contributed by atoms with Crippen molar-refractivity contribution in [2.45, 2.75) is 19.8 Å². The lowest BCUT2D eigenvalue weighted by Gasteiger charge is -2.20. The van der Waals surface area contributed by atoms with Crippen molar-refractivity contribution >= 4 is 10.2 Å². The monoisotopic (exact) mass is 350 g/mol. The third-order valence-electron chi connectivity index (χ3n) is 4.21. The molecule has 2 aromatic rings. The van der Waals surface area contributed by atoms with E-state index in [1.54, 1.807) is 26.5 Å². The van der Waals surface area contributed by atoms with Gasteiger partial charge in [-0.05, 0) is 31.7 Å². The molecular weight excluding hydrogens is 328 g/mol. The maximum Gasteiger partial charge on any atom is 0.281 e. The van der Waals surface area contributed by atoms with Gasteiger partial charge in [-0.15, -0.1) is 0 Å². The largest absolute Gasteiger partial charge is 0.282 e. The second kappa shape index (κ2) is 6.58. The van der Waals surface area contributed by atoms with Gasteiger partial charge in [-0.3, -0.25) is 15.1 Å². The van der Waals surface area contributed by atoms with E-state index in [2.05, 4.69) is 20.2 Å². The number of nitrogens with zero attached hydrogens (tertiary/aromatic N) is 5. The molecule has 0 aromatic carbocycles. The zero-order valence-corrected chi connectivity index (χ0v) is 14.9. The standard InChI is InChI=1S/C15H22N6O2S/c1-11-6-14(19-18-11)15-9-16-13(8-17-15)7-12-4-5-21(10-12)24(22,23)20(2)3/h6,8-9,12H,4-5,7,10H2,1-3H3,(H,18,19). The van der Waals surface area contributed by atoms with Crippen molar-refractivity contribution in [3.63, 3.8) is 0 Å². The quantitative estimate of drug-likeness (QED) is 0.862. The molecule has 0 radical (unpaired) electrons. The van der Waals surface area contributed by atoms with E-state index in [0.717, 1.165) is 35.6 Å². The number of rotatable bonds is 5. The molecule has 0 amide bonds. The number of nitrogens with one attached hydrogen (secondary N) is 1. The molecule has 1 saturated heterocycles. The molecular formula is C15H22N6O2S. The lowest BCUT2D eigenvalue weighted by atomic mass is 10.0. The Hall–Kier alpha value is -1.84. The van der Waals surface area contributed by atoms with Crippen LogP contribution in [0.25, 0.3) is 11.4 Å². The average molecular weight is 350 g/mol. The molecule has 3 rings (SSSR count). The smallest absolute Gasteiger partial charge is 0.281 e. The van der Waals surface area contributed by atoms with Gasteiger partial charge in [-0.2, -0.15) is 22.1 Å². The van der Waals surface area contributed by atoms with Crippen molar-refractivity contribution in [2.24, 2.45) is 5.92 Å². The second-order valence-electron chi connectivity index (χ2n) is 6.34. The Morgan fingerprint density at radius 3 is 2.67 bits per heavy atom. The first-order chi connectivity index (χ1) is 11.4. The van der Waals surface area contributed by atoms with Gasteiger partial charge in [0.25, 0.3) is 10.2 Å². The molecule has 1 N–H and O–H groups in total. The minimum atomic E-state index is -3.32. The molecule has 1 unspecified atom stereocenters. The fourth-order valence-electron chi connectivity index (χ4n) is 2.84. The molecule has 1 aliphatic heterocycles. The molecule has 8 nitrogen and oxygen atoms in total. The van der Waals surface area contributed by atoms with Crippen LogP contribution in [0.4, 0.5) is 0 Å². The molecule has 130 valence electrons. The van der Waals surface area contributed by atoms with Crippen LogP contribution in [-0.2, 0) is 16.6 Å². The van der Waals surface area contributed by atoms with Crippen LogP contribution < -0.4 is 0 Å². The first-order valence-electron chi connectivity index (χ1n) is 7.87. The first kappa shape index (κ1) is 17.0. The van der Waals surface area contributed by atoms with Crippen LogP contribution in [-0.4, -0.2) is 64.4 Å². The molecule has 0 saturated carbocycles. The Morgan fingerprint density at radius 1 is 1.29 bits per heavy atom. The molecule has 0 spiro atoms. The highest BCUT2D eigenvalue weighted by molar-refractivity contribution is 7.86. The van der Waals surface area contributed by atoms with E-state index in [1.807, 2.05) is 13.0 Å². The van der Waals surface area contributed by atoms with Crippen LogP contribution in [0.1, 0.15) is 17.8 Å². The van der Waals surface area contributed by atoms with Crippen LogP contribution in [0.5, 0.6) is 0 Å². The van der Waals surface area contributed by atoms with Crippen LogP contribution in [0.3, 0.4) is 0 Å². The minimum Gasteiger partial charge on any atom is -0.282 e. The number of aryl methyl sites for hydroxylation is 1. The fourth-order valence-corrected chi connectivity index (χ4v) is 4.04. The van der Waals surface area contributed by atoms with E-state index >= 15 is 0 Å². The van der Waals surface area contributed by atoms with Crippen LogP contribution in [0.2, 0.25) is 0 Å². The summed E-state index contributed by atoms with van der Waals surface area (Å²) in [5.41, 5.74) is 3.35. The molecule has 9 heteroatoms. The predicted molar refractivity (Wildman–Crippen MR) is 90.3 cm³/mol. The summed E-state index contributed by atoms with van der Waals surface area (Å²) in [5.74, 6) is 0.271. The zero-order chi connectivity index (χ0) is 17.3. The topological polar surface area (TPSA) is 95.1 Å². The highest BCUT2D eigenvalue weighted by Gasteiger charge is 2.32. The van der Waals surface area contributed by atoms with Crippen LogP contribution in [0.15, 0.2) is 18.5 Å². The van der Waals surface area contributed by atoms with E-state index < -0.39 is 10.2 Å². The van der Waals surface area contributed by atoms with Crippen molar-refractivity contribution in [2.75, 3.05) is 27.2 Å². The predicted octanol–water partition coefficient (Wildman–Crippen LogP) is 0.846. The van der Waals surface area contributed by atoms with Gasteiger partial charge in [-0.1, -0.05) is 0 Å². The Morgan fingerprint density at radius 2 is 2.08 bits per heavy atom. The van der Waals surface area contributed by atoms with E-state index in [1.165, 1.54) is 8.61 Å². The highest BCUT2D eigenvalue weighted by Crippen LogP contribution is 2.23. The Labute approximate surface area is 142 Å². The van der Waals surface area contributed by atoms with Crippen molar-refractivity contribution in [1.29, 1.82) is 0 Å². The molecule has 3 heterocycles.